The van der Waals surface area contributed by atoms with Crippen molar-refractivity contribution in [3.05, 3.63) is 24.6 Å². The van der Waals surface area contributed by atoms with E-state index in [1.165, 1.54) is 89.2 Å². The van der Waals surface area contributed by atoms with Gasteiger partial charge in [-0.2, -0.15) is 0 Å². The Morgan fingerprint density at radius 3 is 1.22 bits per heavy atom. The molecule has 0 spiro atoms. The van der Waals surface area contributed by atoms with Gasteiger partial charge >= 0.3 is 0 Å². The van der Waals surface area contributed by atoms with Gasteiger partial charge in [-0.15, -0.1) is 0 Å². The van der Waals surface area contributed by atoms with Gasteiger partial charge in [0.25, 0.3) is 0 Å². The fourth-order valence-corrected chi connectivity index (χ4v) is 5.52. The van der Waals surface area contributed by atoms with Crippen molar-refractivity contribution in [3.8, 4) is 0 Å². The lowest BCUT2D eigenvalue weighted by atomic mass is 9.90. The molecular formula is C28H52N4. The number of hydrogen-bond acceptors (Lipinski definition) is 4. The van der Waals surface area contributed by atoms with Crippen molar-refractivity contribution in [3.63, 3.8) is 0 Å². The van der Waals surface area contributed by atoms with Gasteiger partial charge in [-0.25, -0.2) is 0 Å². The van der Waals surface area contributed by atoms with Gasteiger partial charge in [0.05, 0.1) is 0 Å². The Bertz CT molecular complexity index is 541. The quantitative estimate of drug-likeness (QED) is 0.621. The lowest BCUT2D eigenvalue weighted by Crippen LogP contribution is -2.40. The predicted octanol–water partition coefficient (Wildman–Crippen LogP) is 5.24. The van der Waals surface area contributed by atoms with Gasteiger partial charge in [0.2, 0.25) is 0 Å². The van der Waals surface area contributed by atoms with E-state index in [1.54, 1.807) is 0 Å². The molecule has 4 nitrogen and oxygen atoms in total. The second-order valence-corrected chi connectivity index (χ2v) is 13.1. The molecule has 2 unspecified atom stereocenters. The molecule has 6 rings (SSSR count). The Labute approximate surface area is 199 Å². The van der Waals surface area contributed by atoms with Gasteiger partial charge in [-0.1, -0.05) is 54.7 Å². The summed E-state index contributed by atoms with van der Waals surface area (Å²) in [6.07, 6.45) is 8.29. The topological polar surface area (TPSA) is 30.5 Å². The molecule has 0 aromatic carbocycles. The second kappa shape index (κ2) is 10.5. The number of hydrogen-bond donors (Lipinski definition) is 2. The first-order chi connectivity index (χ1) is 14.9. The van der Waals surface area contributed by atoms with Crippen molar-refractivity contribution in [1.29, 1.82) is 0 Å². The minimum atomic E-state index is 0.181. The van der Waals surface area contributed by atoms with Crippen LogP contribution in [0.25, 0.3) is 0 Å². The zero-order valence-electron chi connectivity index (χ0n) is 22.1. The summed E-state index contributed by atoms with van der Waals surface area (Å²) in [6, 6.07) is 1.25. The number of rotatable bonds is 4. The molecule has 6 heterocycles. The number of nitrogens with one attached hydrogen (secondary N) is 2. The van der Waals surface area contributed by atoms with Crippen LogP contribution in [0.3, 0.4) is 0 Å². The van der Waals surface area contributed by atoms with Gasteiger partial charge in [0.1, 0.15) is 0 Å². The highest BCUT2D eigenvalue weighted by Crippen LogP contribution is 2.30. The number of piperidine rings is 2. The Balaban J connectivity index is 0.000000181. The van der Waals surface area contributed by atoms with Crippen molar-refractivity contribution < 1.29 is 0 Å². The van der Waals surface area contributed by atoms with Crippen LogP contribution in [-0.2, 0) is 0 Å². The molecule has 4 bridgehead atoms. The van der Waals surface area contributed by atoms with E-state index in [0.717, 1.165) is 11.8 Å². The Morgan fingerprint density at radius 1 is 0.625 bits per heavy atom. The molecule has 0 aliphatic carbocycles. The standard InChI is InChI=1S/2C14H26N2/c2*1-11(14(2,3)4)15-13-9-12-5-7-16(10-13)8-6-12/h2*12-13,15H,1,5-10H2,2-4H3. The second-order valence-electron chi connectivity index (χ2n) is 13.1. The van der Waals surface area contributed by atoms with Gasteiger partial charge in [-0.05, 0) is 76.5 Å². The molecule has 0 radical (unpaired) electrons. The van der Waals surface area contributed by atoms with E-state index >= 15 is 0 Å². The number of allylic oxidation sites excluding steroid dienone is 2. The maximum Gasteiger partial charge on any atom is 0.0388 e. The normalized spacial score (nSPS) is 34.6. The average Bonchev–Trinajstić information content (AvgIpc) is 3.16. The predicted molar refractivity (Wildman–Crippen MR) is 139 cm³/mol. The zero-order valence-corrected chi connectivity index (χ0v) is 22.1. The van der Waals surface area contributed by atoms with E-state index < -0.39 is 0 Å². The first kappa shape index (κ1) is 25.6. The third kappa shape index (κ3) is 7.52. The molecule has 2 atom stereocenters. The molecule has 0 saturated carbocycles. The molecule has 4 heteroatoms. The molecule has 6 saturated heterocycles. The van der Waals surface area contributed by atoms with E-state index in [0.29, 0.717) is 12.1 Å². The zero-order chi connectivity index (χ0) is 23.5. The van der Waals surface area contributed by atoms with Crippen molar-refractivity contribution in [2.75, 3.05) is 39.3 Å². The first-order valence-corrected chi connectivity index (χ1v) is 13.3. The highest BCUT2D eigenvalue weighted by molar-refractivity contribution is 5.06. The maximum atomic E-state index is 4.19. The number of fused-ring (bicyclic) bond motifs is 8. The molecule has 0 aromatic heterocycles. The summed E-state index contributed by atoms with van der Waals surface area (Å²) in [7, 11) is 0. The van der Waals surface area contributed by atoms with E-state index in [1.807, 2.05) is 0 Å². The smallest absolute Gasteiger partial charge is 0.0388 e. The summed E-state index contributed by atoms with van der Waals surface area (Å²) in [6.45, 7) is 29.4. The molecule has 0 amide bonds. The molecule has 184 valence electrons. The highest BCUT2D eigenvalue weighted by atomic mass is 15.2. The summed E-state index contributed by atoms with van der Waals surface area (Å²) < 4.78 is 0. The Hall–Kier alpha value is -1.00. The van der Waals surface area contributed by atoms with Crippen LogP contribution in [0.2, 0.25) is 0 Å². The fourth-order valence-electron chi connectivity index (χ4n) is 5.52. The van der Waals surface area contributed by atoms with Gasteiger partial charge in [-0.3, -0.25) is 0 Å². The molecule has 6 aliphatic heterocycles. The summed E-state index contributed by atoms with van der Waals surface area (Å²) in [5.41, 5.74) is 2.75. The van der Waals surface area contributed by atoms with E-state index in [4.69, 9.17) is 0 Å². The SMILES string of the molecule is C=C(NC1CC2CCN(CC2)C1)C(C)(C)C.C=C(NC1CC2CCN(CC2)C1)C(C)(C)C. The summed E-state index contributed by atoms with van der Waals surface area (Å²) in [5, 5.41) is 7.33. The molecule has 0 aromatic rings. The van der Waals surface area contributed by atoms with Gasteiger partial charge in [0.15, 0.2) is 0 Å². The summed E-state index contributed by atoms with van der Waals surface area (Å²) in [4.78, 5) is 5.22. The first-order valence-electron chi connectivity index (χ1n) is 13.3. The lowest BCUT2D eigenvalue weighted by Gasteiger charge is -2.29. The molecule has 32 heavy (non-hydrogen) atoms. The molecule has 6 aliphatic rings. The summed E-state index contributed by atoms with van der Waals surface area (Å²) in [5.74, 6) is 1.90. The molecular weight excluding hydrogens is 392 g/mol. The monoisotopic (exact) mass is 444 g/mol. The van der Waals surface area contributed by atoms with Crippen LogP contribution in [0.1, 0.15) is 80.1 Å². The van der Waals surface area contributed by atoms with Crippen molar-refractivity contribution in [1.82, 2.24) is 20.4 Å². The highest BCUT2D eigenvalue weighted by Gasteiger charge is 2.31. The largest absolute Gasteiger partial charge is 0.384 e. The van der Waals surface area contributed by atoms with Crippen LogP contribution in [0.4, 0.5) is 0 Å². The van der Waals surface area contributed by atoms with E-state index in [2.05, 4.69) is 75.1 Å². The van der Waals surface area contributed by atoms with Crippen molar-refractivity contribution >= 4 is 0 Å². The Kier molecular flexibility index (Phi) is 8.41. The molecule has 6 fully saturated rings. The third-order valence-electron chi connectivity index (χ3n) is 8.17. The third-order valence-corrected chi connectivity index (χ3v) is 8.17. The van der Waals surface area contributed by atoms with Crippen LogP contribution in [0.15, 0.2) is 24.6 Å². The number of nitrogens with zero attached hydrogens (tertiary/aromatic N) is 2. The van der Waals surface area contributed by atoms with Crippen molar-refractivity contribution in [2.24, 2.45) is 22.7 Å². The van der Waals surface area contributed by atoms with Crippen LogP contribution in [0, 0.1) is 22.7 Å². The average molecular weight is 445 g/mol. The fraction of sp³-hybridized carbons (Fsp3) is 0.857. The van der Waals surface area contributed by atoms with Gasteiger partial charge < -0.3 is 20.4 Å². The van der Waals surface area contributed by atoms with E-state index in [-0.39, 0.29) is 10.8 Å². The minimum absolute atomic E-state index is 0.181. The van der Waals surface area contributed by atoms with Crippen molar-refractivity contribution in [2.45, 2.75) is 92.2 Å². The summed E-state index contributed by atoms with van der Waals surface area (Å²) >= 11 is 0. The Morgan fingerprint density at radius 2 is 0.938 bits per heavy atom. The maximum absolute atomic E-state index is 4.19. The minimum Gasteiger partial charge on any atom is -0.384 e. The van der Waals surface area contributed by atoms with Crippen LogP contribution < -0.4 is 10.6 Å². The van der Waals surface area contributed by atoms with E-state index in [9.17, 15) is 0 Å². The van der Waals surface area contributed by atoms with Crippen LogP contribution >= 0.6 is 0 Å². The lowest BCUT2D eigenvalue weighted by molar-refractivity contribution is 0.221. The molecule has 2 N–H and O–H groups in total. The van der Waals surface area contributed by atoms with Crippen LogP contribution in [-0.4, -0.2) is 61.2 Å². The van der Waals surface area contributed by atoms with Gasteiger partial charge in [0, 0.05) is 47.4 Å². The van der Waals surface area contributed by atoms with Crippen LogP contribution in [0.5, 0.6) is 0 Å².